The topological polar surface area (TPSA) is 162 Å². The van der Waals surface area contributed by atoms with Crippen LogP contribution in [0.3, 0.4) is 0 Å². The molecule has 1 fully saturated rings. The molecule has 0 spiro atoms. The van der Waals surface area contributed by atoms with E-state index in [0.717, 1.165) is 18.9 Å². The van der Waals surface area contributed by atoms with Crippen molar-refractivity contribution < 1.29 is 33.9 Å². The lowest BCUT2D eigenvalue weighted by atomic mass is 9.86. The number of amides is 1. The van der Waals surface area contributed by atoms with E-state index in [-0.39, 0.29) is 46.0 Å². The molecular formula is C31H28N4O7. The zero-order valence-electron chi connectivity index (χ0n) is 22.9. The van der Waals surface area contributed by atoms with Crippen LogP contribution < -0.4 is 15.5 Å². The van der Waals surface area contributed by atoms with Gasteiger partial charge >= 0.3 is 11.9 Å². The van der Waals surface area contributed by atoms with Crippen LogP contribution in [0.15, 0.2) is 53.1 Å². The summed E-state index contributed by atoms with van der Waals surface area (Å²) in [6.07, 6.45) is 1.49. The molecule has 6 rings (SSSR count). The monoisotopic (exact) mass is 568 g/mol. The normalized spacial score (nSPS) is 15.9. The van der Waals surface area contributed by atoms with Crippen LogP contribution in [0.5, 0.6) is 0 Å². The lowest BCUT2D eigenvalue weighted by Gasteiger charge is -2.34. The lowest BCUT2D eigenvalue weighted by Crippen LogP contribution is -2.45. The van der Waals surface area contributed by atoms with Crippen molar-refractivity contribution in [3.63, 3.8) is 0 Å². The van der Waals surface area contributed by atoms with Crippen LogP contribution in [-0.4, -0.2) is 58.1 Å². The number of carbonyl (C=O) groups excluding carboxylic acids is 2. The molecule has 1 atom stereocenters. The van der Waals surface area contributed by atoms with Gasteiger partial charge in [0.25, 0.3) is 0 Å². The molecule has 0 unspecified atom stereocenters. The smallest absolute Gasteiger partial charge is 0.335 e. The minimum atomic E-state index is -1.29. The molecule has 0 bridgehead atoms. The predicted molar refractivity (Wildman–Crippen MR) is 155 cm³/mol. The molecule has 11 heteroatoms. The number of hydrogen-bond acceptors (Lipinski definition) is 8. The first-order valence-electron chi connectivity index (χ1n) is 13.7. The summed E-state index contributed by atoms with van der Waals surface area (Å²) in [5.41, 5.74) is 2.53. The van der Waals surface area contributed by atoms with Gasteiger partial charge in [0, 0.05) is 35.9 Å². The largest absolute Gasteiger partial charge is 0.478 e. The third kappa shape index (κ3) is 4.62. The molecule has 42 heavy (non-hydrogen) atoms. The highest BCUT2D eigenvalue weighted by atomic mass is 16.5. The molecule has 0 radical (unpaired) electrons. The number of piperidine rings is 1. The number of hydrogen-bond donors (Lipinski definition) is 4. The van der Waals surface area contributed by atoms with Gasteiger partial charge in [0.1, 0.15) is 5.52 Å². The Hall–Kier alpha value is -5.19. The average Bonchev–Trinajstić information content (AvgIpc) is 3.41. The van der Waals surface area contributed by atoms with Gasteiger partial charge < -0.3 is 30.3 Å². The summed E-state index contributed by atoms with van der Waals surface area (Å²) < 4.78 is 5.84. The first-order chi connectivity index (χ1) is 20.1. The summed E-state index contributed by atoms with van der Waals surface area (Å²) in [6, 6.07) is 12.5. The van der Waals surface area contributed by atoms with Gasteiger partial charge in [-0.2, -0.15) is 0 Å². The zero-order valence-corrected chi connectivity index (χ0v) is 22.9. The Balaban J connectivity index is 1.52. The van der Waals surface area contributed by atoms with Gasteiger partial charge in [-0.15, -0.1) is 0 Å². The van der Waals surface area contributed by atoms with Crippen molar-refractivity contribution >= 4 is 51.6 Å². The van der Waals surface area contributed by atoms with Crippen molar-refractivity contribution in [3.8, 4) is 11.3 Å². The molecule has 1 amide bonds. The molecular weight excluding hydrogens is 540 g/mol. The van der Waals surface area contributed by atoms with E-state index in [2.05, 4.69) is 15.8 Å². The van der Waals surface area contributed by atoms with Crippen molar-refractivity contribution in [2.45, 2.75) is 32.7 Å². The molecule has 11 nitrogen and oxygen atoms in total. The molecule has 4 aromatic rings. The Bertz CT molecular complexity index is 1760. The maximum Gasteiger partial charge on any atom is 0.335 e. The number of rotatable bonds is 7. The van der Waals surface area contributed by atoms with Crippen molar-refractivity contribution in [2.24, 2.45) is 5.92 Å². The minimum absolute atomic E-state index is 0.00830. The second-order valence-corrected chi connectivity index (χ2v) is 10.9. The van der Waals surface area contributed by atoms with Gasteiger partial charge in [-0.1, -0.05) is 29.4 Å². The summed E-state index contributed by atoms with van der Waals surface area (Å²) in [5.74, 6) is -2.70. The number of nitrogens with zero attached hydrogens (tertiary/aromatic N) is 2. The molecule has 214 valence electrons. The lowest BCUT2D eigenvalue weighted by molar-refractivity contribution is -0.125. The number of benzene rings is 3. The number of carbonyl (C=O) groups is 4. The zero-order chi connectivity index (χ0) is 29.7. The Morgan fingerprint density at radius 3 is 2.38 bits per heavy atom. The van der Waals surface area contributed by atoms with Crippen LogP contribution in [-0.2, 0) is 4.79 Å². The van der Waals surface area contributed by atoms with Crippen molar-refractivity contribution in [1.29, 1.82) is 0 Å². The van der Waals surface area contributed by atoms with Crippen LogP contribution in [0.2, 0.25) is 0 Å². The Morgan fingerprint density at radius 2 is 1.71 bits per heavy atom. The fourth-order valence-corrected chi connectivity index (χ4v) is 5.80. The third-order valence-electron chi connectivity index (χ3n) is 7.65. The number of fused-ring (bicyclic) bond motifs is 2. The summed E-state index contributed by atoms with van der Waals surface area (Å²) in [4.78, 5) is 52.4. The molecule has 1 aliphatic heterocycles. The van der Waals surface area contributed by atoms with Crippen LogP contribution in [0.1, 0.15) is 63.3 Å². The van der Waals surface area contributed by atoms with Crippen molar-refractivity contribution in [1.82, 2.24) is 10.5 Å². The van der Waals surface area contributed by atoms with Gasteiger partial charge in [0.2, 0.25) is 5.91 Å². The number of aromatic carboxylic acids is 2. The average molecular weight is 569 g/mol. The minimum Gasteiger partial charge on any atom is -0.478 e. The molecule has 1 aliphatic carbocycles. The second kappa shape index (κ2) is 10.3. The molecule has 2 heterocycles. The fraction of sp³-hybridized carbons (Fsp3) is 0.258. The summed E-state index contributed by atoms with van der Waals surface area (Å²) >= 11 is 0. The van der Waals surface area contributed by atoms with E-state index in [4.69, 9.17) is 4.52 Å². The maximum absolute atomic E-state index is 13.9. The molecule has 4 N–H and O–H groups in total. The SMILES string of the molecule is CC(C)NC(=O)[C@H]1CCCN(c2cc(Nc3cc(C(=O)O)cc(C(=O)O)c3)c3c4c(onc24)-c2ccccc2C3=O)C1. The van der Waals surface area contributed by atoms with E-state index in [1.165, 1.54) is 12.1 Å². The number of anilines is 3. The standard InChI is InChI=1S/C31H28N4O7/c1-15(2)32-29(37)16-6-5-9-35(14-16)23-13-22(33-19-11-17(30(38)39)10-18(12-19)31(40)41)24-25-26(23)34-42-28(25)21-8-4-3-7-20(21)27(24)36/h3-4,7-8,10-13,15-16,33H,5-6,9,14H2,1-2H3,(H,32,37)(H,38,39)(H,40,41)/t16-/m0/s1. The number of carboxylic acid groups (broad SMARTS) is 2. The summed E-state index contributed by atoms with van der Waals surface area (Å²) in [6.45, 7) is 4.90. The van der Waals surface area contributed by atoms with E-state index in [9.17, 15) is 29.4 Å². The van der Waals surface area contributed by atoms with Crippen LogP contribution >= 0.6 is 0 Å². The maximum atomic E-state index is 13.9. The van der Waals surface area contributed by atoms with E-state index in [1.807, 2.05) is 24.8 Å². The molecule has 3 aromatic carbocycles. The highest BCUT2D eigenvalue weighted by Crippen LogP contribution is 2.47. The van der Waals surface area contributed by atoms with E-state index in [1.54, 1.807) is 24.3 Å². The van der Waals surface area contributed by atoms with Crippen LogP contribution in [0, 0.1) is 5.92 Å². The summed E-state index contributed by atoms with van der Waals surface area (Å²) in [7, 11) is 0. The summed E-state index contributed by atoms with van der Waals surface area (Å²) in [5, 5.41) is 30.2. The van der Waals surface area contributed by atoms with Crippen molar-refractivity contribution in [2.75, 3.05) is 23.3 Å². The van der Waals surface area contributed by atoms with E-state index >= 15 is 0 Å². The number of aromatic nitrogens is 1. The predicted octanol–water partition coefficient (Wildman–Crippen LogP) is 4.92. The molecule has 1 saturated heterocycles. The quantitative estimate of drug-likeness (QED) is 0.212. The molecule has 0 saturated carbocycles. The van der Waals surface area contributed by atoms with Gasteiger partial charge in [-0.25, -0.2) is 9.59 Å². The Kier molecular flexibility index (Phi) is 6.64. The second-order valence-electron chi connectivity index (χ2n) is 10.9. The Morgan fingerprint density at radius 1 is 1.02 bits per heavy atom. The number of nitrogens with one attached hydrogen (secondary N) is 2. The Labute approximate surface area is 240 Å². The van der Waals surface area contributed by atoms with Gasteiger partial charge in [-0.05, 0) is 51.0 Å². The highest BCUT2D eigenvalue weighted by molar-refractivity contribution is 6.29. The van der Waals surface area contributed by atoms with Crippen LogP contribution in [0.4, 0.5) is 17.1 Å². The first-order valence-corrected chi connectivity index (χ1v) is 13.7. The number of ketones is 1. The number of carboxylic acids is 2. The van der Waals surface area contributed by atoms with Crippen molar-refractivity contribution in [3.05, 3.63) is 70.8 Å². The van der Waals surface area contributed by atoms with Gasteiger partial charge in [-0.3, -0.25) is 9.59 Å². The van der Waals surface area contributed by atoms with Gasteiger partial charge in [0.05, 0.1) is 39.4 Å². The van der Waals surface area contributed by atoms with Gasteiger partial charge in [0.15, 0.2) is 11.5 Å². The van der Waals surface area contributed by atoms with E-state index < -0.39 is 11.9 Å². The fourth-order valence-electron chi connectivity index (χ4n) is 5.80. The third-order valence-corrected chi connectivity index (χ3v) is 7.65. The van der Waals surface area contributed by atoms with E-state index in [0.29, 0.717) is 52.3 Å². The highest BCUT2D eigenvalue weighted by Gasteiger charge is 2.35. The first kappa shape index (κ1) is 27.0. The van der Waals surface area contributed by atoms with Crippen LogP contribution in [0.25, 0.3) is 22.2 Å². The molecule has 1 aromatic heterocycles. The molecule has 2 aliphatic rings.